The first kappa shape index (κ1) is 11.9. The van der Waals surface area contributed by atoms with Gasteiger partial charge in [-0.2, -0.15) is 11.8 Å². The number of piperidine rings is 1. The van der Waals surface area contributed by atoms with E-state index in [1.807, 2.05) is 0 Å². The number of amides is 1. The standard InChI is InChI=1S/C10H20N2OS/c1-8(14-2)6-12-10(13)9-4-3-5-11-7-9/h8-9,11H,3-7H2,1-2H3,(H,12,13). The van der Waals surface area contributed by atoms with Crippen LogP contribution in [0.1, 0.15) is 19.8 Å². The summed E-state index contributed by atoms with van der Waals surface area (Å²) in [5.41, 5.74) is 0. The fourth-order valence-electron chi connectivity index (χ4n) is 1.55. The van der Waals surface area contributed by atoms with Crippen LogP contribution in [0.5, 0.6) is 0 Å². The van der Waals surface area contributed by atoms with Crippen LogP contribution in [0, 0.1) is 5.92 Å². The highest BCUT2D eigenvalue weighted by Gasteiger charge is 2.20. The lowest BCUT2D eigenvalue weighted by atomic mass is 9.99. The maximum Gasteiger partial charge on any atom is 0.224 e. The number of hydrogen-bond donors (Lipinski definition) is 2. The van der Waals surface area contributed by atoms with Crippen LogP contribution in [0.15, 0.2) is 0 Å². The first-order chi connectivity index (χ1) is 6.74. The molecule has 1 amide bonds. The van der Waals surface area contributed by atoms with Gasteiger partial charge in [0.25, 0.3) is 0 Å². The van der Waals surface area contributed by atoms with Crippen LogP contribution in [0.2, 0.25) is 0 Å². The third kappa shape index (κ3) is 3.88. The quantitative estimate of drug-likeness (QED) is 0.732. The average molecular weight is 216 g/mol. The van der Waals surface area contributed by atoms with E-state index in [-0.39, 0.29) is 11.8 Å². The Kier molecular flexibility index (Phi) is 5.33. The van der Waals surface area contributed by atoms with Crippen molar-refractivity contribution in [2.75, 3.05) is 25.9 Å². The summed E-state index contributed by atoms with van der Waals surface area (Å²) in [6.07, 6.45) is 4.22. The van der Waals surface area contributed by atoms with Gasteiger partial charge in [0.1, 0.15) is 0 Å². The number of carbonyl (C=O) groups excluding carboxylic acids is 1. The summed E-state index contributed by atoms with van der Waals surface area (Å²) < 4.78 is 0. The van der Waals surface area contributed by atoms with E-state index in [0.717, 1.165) is 32.5 Å². The zero-order valence-electron chi connectivity index (χ0n) is 9.01. The minimum Gasteiger partial charge on any atom is -0.355 e. The van der Waals surface area contributed by atoms with Crippen molar-refractivity contribution in [3.63, 3.8) is 0 Å². The lowest BCUT2D eigenvalue weighted by Crippen LogP contribution is -2.42. The second-order valence-electron chi connectivity index (χ2n) is 3.83. The Labute approximate surface area is 90.4 Å². The van der Waals surface area contributed by atoms with Crippen LogP contribution in [0.4, 0.5) is 0 Å². The van der Waals surface area contributed by atoms with Gasteiger partial charge in [0, 0.05) is 18.3 Å². The van der Waals surface area contributed by atoms with Crippen molar-refractivity contribution in [3.8, 4) is 0 Å². The molecule has 0 radical (unpaired) electrons. The Morgan fingerprint density at radius 1 is 1.71 bits per heavy atom. The maximum absolute atomic E-state index is 11.7. The van der Waals surface area contributed by atoms with Gasteiger partial charge in [0.2, 0.25) is 5.91 Å². The van der Waals surface area contributed by atoms with Gasteiger partial charge in [-0.15, -0.1) is 0 Å². The summed E-state index contributed by atoms with van der Waals surface area (Å²) in [5, 5.41) is 6.76. The molecule has 14 heavy (non-hydrogen) atoms. The third-order valence-electron chi connectivity index (χ3n) is 2.63. The van der Waals surface area contributed by atoms with Crippen LogP contribution in [0.3, 0.4) is 0 Å². The minimum atomic E-state index is 0.192. The molecule has 2 atom stereocenters. The molecule has 2 N–H and O–H groups in total. The van der Waals surface area contributed by atoms with E-state index >= 15 is 0 Å². The number of thioether (sulfide) groups is 1. The molecule has 0 aromatic rings. The molecule has 0 aromatic heterocycles. The normalized spacial score (nSPS) is 24.3. The smallest absolute Gasteiger partial charge is 0.224 e. The van der Waals surface area contributed by atoms with Gasteiger partial charge in [-0.1, -0.05) is 6.92 Å². The van der Waals surface area contributed by atoms with Crippen molar-refractivity contribution in [2.24, 2.45) is 5.92 Å². The van der Waals surface area contributed by atoms with Crippen LogP contribution in [-0.2, 0) is 4.79 Å². The van der Waals surface area contributed by atoms with Crippen LogP contribution in [0.25, 0.3) is 0 Å². The van der Waals surface area contributed by atoms with Gasteiger partial charge in [-0.05, 0) is 25.6 Å². The number of hydrogen-bond acceptors (Lipinski definition) is 3. The van der Waals surface area contributed by atoms with Crippen molar-refractivity contribution in [1.29, 1.82) is 0 Å². The molecule has 0 aromatic carbocycles. The molecule has 0 spiro atoms. The molecular weight excluding hydrogens is 196 g/mol. The molecule has 0 aliphatic carbocycles. The average Bonchev–Trinajstić information content (AvgIpc) is 2.26. The molecule has 1 saturated heterocycles. The maximum atomic E-state index is 11.7. The molecule has 2 unspecified atom stereocenters. The zero-order valence-corrected chi connectivity index (χ0v) is 9.82. The van der Waals surface area contributed by atoms with Crippen molar-refractivity contribution < 1.29 is 4.79 Å². The molecule has 1 fully saturated rings. The molecule has 1 heterocycles. The number of rotatable bonds is 4. The molecule has 0 bridgehead atoms. The fraction of sp³-hybridized carbons (Fsp3) is 0.900. The number of nitrogens with one attached hydrogen (secondary N) is 2. The molecule has 1 rings (SSSR count). The summed E-state index contributed by atoms with van der Waals surface area (Å²) in [5.74, 6) is 0.413. The highest BCUT2D eigenvalue weighted by Crippen LogP contribution is 2.10. The second kappa shape index (κ2) is 6.30. The highest BCUT2D eigenvalue weighted by atomic mass is 32.2. The molecular formula is C10H20N2OS. The Morgan fingerprint density at radius 2 is 2.50 bits per heavy atom. The predicted molar refractivity (Wildman–Crippen MR) is 61.6 cm³/mol. The Balaban J connectivity index is 2.19. The number of carbonyl (C=O) groups is 1. The summed E-state index contributed by atoms with van der Waals surface area (Å²) in [6, 6.07) is 0. The molecule has 4 heteroatoms. The van der Waals surface area contributed by atoms with Gasteiger partial charge in [0.15, 0.2) is 0 Å². The van der Waals surface area contributed by atoms with Gasteiger partial charge < -0.3 is 10.6 Å². The third-order valence-corrected chi connectivity index (χ3v) is 3.61. The van der Waals surface area contributed by atoms with Crippen LogP contribution >= 0.6 is 11.8 Å². The highest BCUT2D eigenvalue weighted by molar-refractivity contribution is 7.99. The van der Waals surface area contributed by atoms with Gasteiger partial charge in [-0.25, -0.2) is 0 Å². The minimum absolute atomic E-state index is 0.192. The Morgan fingerprint density at radius 3 is 3.07 bits per heavy atom. The summed E-state index contributed by atoms with van der Waals surface area (Å²) in [6.45, 7) is 4.82. The Hall–Kier alpha value is -0.220. The summed E-state index contributed by atoms with van der Waals surface area (Å²) in [7, 11) is 0. The van der Waals surface area contributed by atoms with Gasteiger partial charge in [0.05, 0.1) is 5.92 Å². The Bertz CT molecular complexity index is 181. The van der Waals surface area contributed by atoms with E-state index in [9.17, 15) is 4.79 Å². The summed E-state index contributed by atoms with van der Waals surface area (Å²) >= 11 is 1.78. The van der Waals surface area contributed by atoms with Crippen molar-refractivity contribution in [1.82, 2.24) is 10.6 Å². The SMILES string of the molecule is CSC(C)CNC(=O)C1CCCNC1. The molecule has 1 aliphatic heterocycles. The van der Waals surface area contributed by atoms with Gasteiger partial charge in [-0.3, -0.25) is 4.79 Å². The lowest BCUT2D eigenvalue weighted by Gasteiger charge is -2.22. The first-order valence-corrected chi connectivity index (χ1v) is 6.54. The van der Waals surface area contributed by atoms with Crippen molar-refractivity contribution >= 4 is 17.7 Å². The molecule has 1 aliphatic rings. The molecule has 82 valence electrons. The lowest BCUT2D eigenvalue weighted by molar-refractivity contribution is -0.125. The van der Waals surface area contributed by atoms with E-state index in [0.29, 0.717) is 5.25 Å². The molecule has 3 nitrogen and oxygen atoms in total. The van der Waals surface area contributed by atoms with E-state index in [4.69, 9.17) is 0 Å². The summed E-state index contributed by atoms with van der Waals surface area (Å²) in [4.78, 5) is 11.7. The monoisotopic (exact) mass is 216 g/mol. The fourth-order valence-corrected chi connectivity index (χ4v) is 1.80. The first-order valence-electron chi connectivity index (χ1n) is 5.25. The van der Waals surface area contributed by atoms with E-state index in [1.165, 1.54) is 0 Å². The topological polar surface area (TPSA) is 41.1 Å². The van der Waals surface area contributed by atoms with Crippen molar-refractivity contribution in [2.45, 2.75) is 25.0 Å². The van der Waals surface area contributed by atoms with Crippen LogP contribution in [-0.4, -0.2) is 37.0 Å². The van der Waals surface area contributed by atoms with E-state index in [2.05, 4.69) is 23.8 Å². The predicted octanol–water partition coefficient (Wildman–Crippen LogP) is 0.854. The zero-order chi connectivity index (χ0) is 10.4. The largest absolute Gasteiger partial charge is 0.355 e. The second-order valence-corrected chi connectivity index (χ2v) is 5.11. The van der Waals surface area contributed by atoms with Crippen molar-refractivity contribution in [3.05, 3.63) is 0 Å². The van der Waals surface area contributed by atoms with E-state index in [1.54, 1.807) is 11.8 Å². The van der Waals surface area contributed by atoms with Gasteiger partial charge >= 0.3 is 0 Å². The van der Waals surface area contributed by atoms with E-state index < -0.39 is 0 Å². The molecule has 0 saturated carbocycles. The van der Waals surface area contributed by atoms with Crippen LogP contribution < -0.4 is 10.6 Å².